The smallest absolute Gasteiger partial charge is 0.273 e. The number of amides is 1. The van der Waals surface area contributed by atoms with Gasteiger partial charge in [0.15, 0.2) is 0 Å². The minimum Gasteiger partial charge on any atom is -0.372 e. The molecule has 2 fully saturated rings. The SMILES string of the molecule is O=C(c1cscn1)N1CCO[C@H]2[C@@H](OCc3ccccn3)CC[C@@H]21. The summed E-state index contributed by atoms with van der Waals surface area (Å²) in [5.74, 6) is -0.0000685. The van der Waals surface area contributed by atoms with E-state index in [1.165, 1.54) is 11.3 Å². The molecule has 24 heavy (non-hydrogen) atoms. The number of hydrogen-bond donors (Lipinski definition) is 0. The highest BCUT2D eigenvalue weighted by atomic mass is 32.1. The number of ether oxygens (including phenoxy) is 2. The molecule has 3 heterocycles. The van der Waals surface area contributed by atoms with Gasteiger partial charge < -0.3 is 14.4 Å². The number of carbonyl (C=O) groups excluding carboxylic acids is 1. The molecule has 0 radical (unpaired) electrons. The molecule has 1 saturated carbocycles. The Bertz CT molecular complexity index is 680. The van der Waals surface area contributed by atoms with Crippen molar-refractivity contribution in [1.29, 1.82) is 0 Å². The highest BCUT2D eigenvalue weighted by Gasteiger charge is 2.45. The van der Waals surface area contributed by atoms with E-state index in [-0.39, 0.29) is 24.2 Å². The van der Waals surface area contributed by atoms with Gasteiger partial charge in [0.05, 0.1) is 36.6 Å². The van der Waals surface area contributed by atoms with Crippen LogP contribution in [0.3, 0.4) is 0 Å². The third kappa shape index (κ3) is 3.07. The maximum absolute atomic E-state index is 12.7. The average Bonchev–Trinajstić information content (AvgIpc) is 3.30. The molecule has 3 atom stereocenters. The van der Waals surface area contributed by atoms with Gasteiger partial charge in [-0.05, 0) is 25.0 Å². The first kappa shape index (κ1) is 15.7. The Morgan fingerprint density at radius 1 is 1.38 bits per heavy atom. The molecule has 0 aromatic carbocycles. The summed E-state index contributed by atoms with van der Waals surface area (Å²) in [5.41, 5.74) is 3.13. The zero-order valence-corrected chi connectivity index (χ0v) is 14.0. The van der Waals surface area contributed by atoms with Gasteiger partial charge in [0.1, 0.15) is 11.8 Å². The molecule has 2 aliphatic rings. The zero-order valence-electron chi connectivity index (χ0n) is 13.2. The molecule has 1 saturated heterocycles. The topological polar surface area (TPSA) is 64.6 Å². The van der Waals surface area contributed by atoms with Gasteiger partial charge in [0, 0.05) is 18.1 Å². The number of fused-ring (bicyclic) bond motifs is 1. The van der Waals surface area contributed by atoms with Gasteiger partial charge in [0.2, 0.25) is 0 Å². The second-order valence-electron chi connectivity index (χ2n) is 6.02. The van der Waals surface area contributed by atoms with Crippen molar-refractivity contribution in [2.45, 2.75) is 37.7 Å². The Morgan fingerprint density at radius 2 is 2.33 bits per heavy atom. The van der Waals surface area contributed by atoms with E-state index in [4.69, 9.17) is 9.47 Å². The Kier molecular flexibility index (Phi) is 4.55. The van der Waals surface area contributed by atoms with Crippen molar-refractivity contribution in [2.75, 3.05) is 13.2 Å². The van der Waals surface area contributed by atoms with Crippen LogP contribution in [-0.2, 0) is 16.1 Å². The summed E-state index contributed by atoms with van der Waals surface area (Å²) >= 11 is 1.44. The predicted molar refractivity (Wildman–Crippen MR) is 88.7 cm³/mol. The van der Waals surface area contributed by atoms with Crippen molar-refractivity contribution in [2.24, 2.45) is 0 Å². The highest BCUT2D eigenvalue weighted by Crippen LogP contribution is 2.33. The minimum absolute atomic E-state index is 0.0000685. The number of carbonyl (C=O) groups is 1. The number of aromatic nitrogens is 2. The number of morpholine rings is 1. The number of pyridine rings is 1. The maximum Gasteiger partial charge on any atom is 0.273 e. The van der Waals surface area contributed by atoms with E-state index in [2.05, 4.69) is 9.97 Å². The molecule has 1 amide bonds. The number of thiazole rings is 1. The van der Waals surface area contributed by atoms with Crippen LogP contribution in [0.5, 0.6) is 0 Å². The largest absolute Gasteiger partial charge is 0.372 e. The fraction of sp³-hybridized carbons (Fsp3) is 0.471. The number of hydrogen-bond acceptors (Lipinski definition) is 6. The molecule has 6 nitrogen and oxygen atoms in total. The van der Waals surface area contributed by atoms with Gasteiger partial charge >= 0.3 is 0 Å². The average molecular weight is 345 g/mol. The molecule has 4 rings (SSSR count). The number of nitrogens with zero attached hydrogens (tertiary/aromatic N) is 3. The molecule has 0 unspecified atom stereocenters. The first-order valence-corrected chi connectivity index (χ1v) is 9.09. The van der Waals surface area contributed by atoms with Crippen LogP contribution in [0, 0.1) is 0 Å². The summed E-state index contributed by atoms with van der Waals surface area (Å²) < 4.78 is 12.0. The Hall–Kier alpha value is -1.83. The van der Waals surface area contributed by atoms with E-state index in [1.807, 2.05) is 23.1 Å². The Morgan fingerprint density at radius 3 is 3.12 bits per heavy atom. The first-order chi connectivity index (χ1) is 11.8. The molecule has 0 bridgehead atoms. The third-order valence-corrected chi connectivity index (χ3v) is 5.21. The summed E-state index contributed by atoms with van der Waals surface area (Å²) in [5, 5.41) is 1.80. The van der Waals surface area contributed by atoms with Gasteiger partial charge in [-0.1, -0.05) is 6.07 Å². The van der Waals surface area contributed by atoms with Crippen LogP contribution >= 0.6 is 11.3 Å². The maximum atomic E-state index is 12.7. The zero-order chi connectivity index (χ0) is 16.4. The normalized spacial score (nSPS) is 26.3. The molecular formula is C17H19N3O3S. The van der Waals surface area contributed by atoms with Crippen molar-refractivity contribution in [1.82, 2.24) is 14.9 Å². The standard InChI is InChI=1S/C17H19N3O3S/c21-17(13-10-24-11-19-13)20-7-8-22-16-14(20)4-5-15(16)23-9-12-3-1-2-6-18-12/h1-3,6,10-11,14-16H,4-5,7-9H2/t14-,15-,16+/m0/s1. The molecule has 0 N–H and O–H groups in total. The van der Waals surface area contributed by atoms with E-state index in [9.17, 15) is 4.79 Å². The fourth-order valence-electron chi connectivity index (χ4n) is 3.49. The summed E-state index contributed by atoms with van der Waals surface area (Å²) in [7, 11) is 0. The second-order valence-corrected chi connectivity index (χ2v) is 6.74. The first-order valence-electron chi connectivity index (χ1n) is 8.15. The fourth-order valence-corrected chi connectivity index (χ4v) is 4.01. The van der Waals surface area contributed by atoms with Crippen LogP contribution < -0.4 is 0 Å². The lowest BCUT2D eigenvalue weighted by atomic mass is 10.1. The van der Waals surface area contributed by atoms with Crippen LogP contribution in [0.4, 0.5) is 0 Å². The van der Waals surface area contributed by atoms with E-state index in [1.54, 1.807) is 17.1 Å². The lowest BCUT2D eigenvalue weighted by Crippen LogP contribution is -2.53. The summed E-state index contributed by atoms with van der Waals surface area (Å²) in [6.45, 7) is 1.63. The summed E-state index contributed by atoms with van der Waals surface area (Å²) in [6, 6.07) is 5.86. The third-order valence-electron chi connectivity index (χ3n) is 4.62. The Balaban J connectivity index is 1.42. The minimum atomic E-state index is -0.0648. The quantitative estimate of drug-likeness (QED) is 0.849. The second kappa shape index (κ2) is 6.96. The van der Waals surface area contributed by atoms with E-state index >= 15 is 0 Å². The molecule has 126 valence electrons. The molecule has 7 heteroatoms. The predicted octanol–water partition coefficient (Wildman–Crippen LogP) is 2.13. The van der Waals surface area contributed by atoms with Crippen LogP contribution in [-0.4, -0.2) is 52.2 Å². The van der Waals surface area contributed by atoms with Crippen LogP contribution in [0.25, 0.3) is 0 Å². The van der Waals surface area contributed by atoms with Gasteiger partial charge in [-0.2, -0.15) is 0 Å². The lowest BCUT2D eigenvalue weighted by Gasteiger charge is -2.38. The highest BCUT2D eigenvalue weighted by molar-refractivity contribution is 7.07. The molecule has 2 aromatic rings. The van der Waals surface area contributed by atoms with Gasteiger partial charge in [-0.25, -0.2) is 4.98 Å². The van der Waals surface area contributed by atoms with E-state index < -0.39 is 0 Å². The Labute approximate surface area is 144 Å². The monoisotopic (exact) mass is 345 g/mol. The van der Waals surface area contributed by atoms with Crippen LogP contribution in [0.15, 0.2) is 35.3 Å². The van der Waals surface area contributed by atoms with E-state index in [0.717, 1.165) is 18.5 Å². The van der Waals surface area contributed by atoms with Crippen molar-refractivity contribution in [3.8, 4) is 0 Å². The van der Waals surface area contributed by atoms with Crippen LogP contribution in [0.2, 0.25) is 0 Å². The molecular weight excluding hydrogens is 326 g/mol. The lowest BCUT2D eigenvalue weighted by molar-refractivity contribution is -0.109. The van der Waals surface area contributed by atoms with Crippen molar-refractivity contribution < 1.29 is 14.3 Å². The summed E-state index contributed by atoms with van der Waals surface area (Å²) in [4.78, 5) is 23.0. The van der Waals surface area contributed by atoms with Gasteiger partial charge in [-0.15, -0.1) is 11.3 Å². The van der Waals surface area contributed by atoms with Gasteiger partial charge in [0.25, 0.3) is 5.91 Å². The van der Waals surface area contributed by atoms with Crippen LogP contribution in [0.1, 0.15) is 29.0 Å². The summed E-state index contributed by atoms with van der Waals surface area (Å²) in [6.07, 6.45) is 3.49. The molecule has 0 spiro atoms. The number of rotatable bonds is 4. The molecule has 1 aliphatic heterocycles. The van der Waals surface area contributed by atoms with Crippen molar-refractivity contribution >= 4 is 17.2 Å². The molecule has 1 aliphatic carbocycles. The molecule has 2 aromatic heterocycles. The van der Waals surface area contributed by atoms with Crippen molar-refractivity contribution in [3.63, 3.8) is 0 Å². The van der Waals surface area contributed by atoms with E-state index in [0.29, 0.717) is 25.5 Å². The van der Waals surface area contributed by atoms with Crippen molar-refractivity contribution in [3.05, 3.63) is 46.7 Å². The van der Waals surface area contributed by atoms with Gasteiger partial charge in [-0.3, -0.25) is 9.78 Å².